The third-order valence-electron chi connectivity index (χ3n) is 3.33. The van der Waals surface area contributed by atoms with E-state index in [2.05, 4.69) is 15.9 Å². The summed E-state index contributed by atoms with van der Waals surface area (Å²) < 4.78 is 0.984. The first-order valence-electron chi connectivity index (χ1n) is 5.87. The molecule has 1 atom stereocenters. The van der Waals surface area contributed by atoms with Crippen LogP contribution in [0.3, 0.4) is 0 Å². The Morgan fingerprint density at radius 1 is 1.59 bits per heavy atom. The summed E-state index contributed by atoms with van der Waals surface area (Å²) in [6, 6.07) is 5.75. The Morgan fingerprint density at radius 3 is 2.94 bits per heavy atom. The van der Waals surface area contributed by atoms with Gasteiger partial charge in [0.25, 0.3) is 5.91 Å². The third kappa shape index (κ3) is 2.69. The van der Waals surface area contributed by atoms with Crippen LogP contribution in [0, 0.1) is 12.8 Å². The van der Waals surface area contributed by atoms with Crippen molar-refractivity contribution >= 4 is 21.8 Å². The molecular weight excluding hydrogens is 280 g/mol. The van der Waals surface area contributed by atoms with Gasteiger partial charge in [-0.25, -0.2) is 0 Å². The van der Waals surface area contributed by atoms with Crippen LogP contribution in [-0.4, -0.2) is 30.4 Å². The van der Waals surface area contributed by atoms with Gasteiger partial charge in [0.2, 0.25) is 0 Å². The molecule has 92 valence electrons. The van der Waals surface area contributed by atoms with Crippen LogP contribution < -0.4 is 5.73 Å². The average Bonchev–Trinajstić information content (AvgIpc) is 2.80. The fourth-order valence-corrected chi connectivity index (χ4v) is 2.50. The van der Waals surface area contributed by atoms with Crippen LogP contribution in [0.15, 0.2) is 22.7 Å². The number of likely N-dealkylation sites (tertiary alicyclic amines) is 1. The van der Waals surface area contributed by atoms with Crippen molar-refractivity contribution < 1.29 is 4.79 Å². The lowest BCUT2D eigenvalue weighted by atomic mass is 10.1. The van der Waals surface area contributed by atoms with Gasteiger partial charge in [0, 0.05) is 23.1 Å². The van der Waals surface area contributed by atoms with E-state index in [4.69, 9.17) is 5.73 Å². The minimum absolute atomic E-state index is 0.113. The van der Waals surface area contributed by atoms with Gasteiger partial charge in [0.05, 0.1) is 0 Å². The number of amides is 1. The Labute approximate surface area is 110 Å². The number of carbonyl (C=O) groups is 1. The molecule has 1 aromatic rings. The van der Waals surface area contributed by atoms with E-state index in [1.807, 2.05) is 30.0 Å². The van der Waals surface area contributed by atoms with Crippen LogP contribution in [0.4, 0.5) is 0 Å². The third-order valence-corrected chi connectivity index (χ3v) is 4.18. The van der Waals surface area contributed by atoms with Gasteiger partial charge in [-0.15, -0.1) is 0 Å². The van der Waals surface area contributed by atoms with Crippen molar-refractivity contribution in [3.63, 3.8) is 0 Å². The van der Waals surface area contributed by atoms with Crippen LogP contribution in [0.2, 0.25) is 0 Å². The SMILES string of the molecule is Cc1ccc(C(=O)N2CC[C@@H](CN)C2)cc1Br. The van der Waals surface area contributed by atoms with Crippen molar-refractivity contribution in [1.82, 2.24) is 4.90 Å². The maximum absolute atomic E-state index is 12.2. The van der Waals surface area contributed by atoms with E-state index < -0.39 is 0 Å². The van der Waals surface area contributed by atoms with Crippen molar-refractivity contribution in [3.05, 3.63) is 33.8 Å². The summed E-state index contributed by atoms with van der Waals surface area (Å²) in [6.45, 7) is 4.30. The number of hydrogen-bond acceptors (Lipinski definition) is 2. The summed E-state index contributed by atoms with van der Waals surface area (Å²) in [6.07, 6.45) is 1.02. The Morgan fingerprint density at radius 2 is 2.35 bits per heavy atom. The molecule has 4 heteroatoms. The minimum atomic E-state index is 0.113. The van der Waals surface area contributed by atoms with Gasteiger partial charge in [0.1, 0.15) is 0 Å². The maximum Gasteiger partial charge on any atom is 0.253 e. The highest BCUT2D eigenvalue weighted by atomic mass is 79.9. The average molecular weight is 297 g/mol. The summed E-state index contributed by atoms with van der Waals surface area (Å²) in [5.41, 5.74) is 7.52. The number of benzene rings is 1. The molecule has 1 fully saturated rings. The summed E-state index contributed by atoms with van der Waals surface area (Å²) in [5.74, 6) is 0.578. The molecular formula is C13H17BrN2O. The smallest absolute Gasteiger partial charge is 0.253 e. The lowest BCUT2D eigenvalue weighted by Gasteiger charge is -2.16. The van der Waals surface area contributed by atoms with Crippen molar-refractivity contribution in [1.29, 1.82) is 0 Å². The summed E-state index contributed by atoms with van der Waals surface area (Å²) in [5, 5.41) is 0. The number of nitrogens with two attached hydrogens (primary N) is 1. The Balaban J connectivity index is 2.12. The fraction of sp³-hybridized carbons (Fsp3) is 0.462. The highest BCUT2D eigenvalue weighted by Gasteiger charge is 2.26. The van der Waals surface area contributed by atoms with E-state index in [0.717, 1.165) is 35.1 Å². The first kappa shape index (κ1) is 12.6. The molecule has 2 N–H and O–H groups in total. The molecule has 0 unspecified atom stereocenters. The van der Waals surface area contributed by atoms with E-state index in [1.165, 1.54) is 0 Å². The van der Waals surface area contributed by atoms with E-state index in [-0.39, 0.29) is 5.91 Å². The molecule has 0 bridgehead atoms. The van der Waals surface area contributed by atoms with E-state index in [0.29, 0.717) is 12.5 Å². The van der Waals surface area contributed by atoms with E-state index in [9.17, 15) is 4.79 Å². The Kier molecular flexibility index (Phi) is 3.84. The van der Waals surface area contributed by atoms with Crippen LogP contribution in [0.1, 0.15) is 22.3 Å². The second-order valence-electron chi connectivity index (χ2n) is 4.61. The lowest BCUT2D eigenvalue weighted by Crippen LogP contribution is -2.29. The zero-order valence-electron chi connectivity index (χ0n) is 9.95. The first-order chi connectivity index (χ1) is 8.11. The first-order valence-corrected chi connectivity index (χ1v) is 6.66. The second-order valence-corrected chi connectivity index (χ2v) is 5.46. The fourth-order valence-electron chi connectivity index (χ4n) is 2.12. The molecule has 1 aliphatic rings. The van der Waals surface area contributed by atoms with Crippen LogP contribution in [0.25, 0.3) is 0 Å². The molecule has 17 heavy (non-hydrogen) atoms. The normalized spacial score (nSPS) is 19.7. The molecule has 0 spiro atoms. The topological polar surface area (TPSA) is 46.3 Å². The zero-order valence-corrected chi connectivity index (χ0v) is 11.5. The number of halogens is 1. The molecule has 1 heterocycles. The highest BCUT2D eigenvalue weighted by molar-refractivity contribution is 9.10. The van der Waals surface area contributed by atoms with Gasteiger partial charge in [-0.3, -0.25) is 4.79 Å². The quantitative estimate of drug-likeness (QED) is 0.909. The highest BCUT2D eigenvalue weighted by Crippen LogP contribution is 2.21. The summed E-state index contributed by atoms with van der Waals surface area (Å²) in [7, 11) is 0. The van der Waals surface area contributed by atoms with Gasteiger partial charge in [-0.2, -0.15) is 0 Å². The van der Waals surface area contributed by atoms with Gasteiger partial charge < -0.3 is 10.6 Å². The van der Waals surface area contributed by atoms with Gasteiger partial charge >= 0.3 is 0 Å². The molecule has 0 radical (unpaired) electrons. The standard InChI is InChI=1S/C13H17BrN2O/c1-9-2-3-11(6-12(9)14)13(17)16-5-4-10(7-15)8-16/h2-3,6,10H,4-5,7-8,15H2,1H3/t10-/m0/s1. The van der Waals surface area contributed by atoms with Gasteiger partial charge in [-0.05, 0) is 43.5 Å². The second kappa shape index (κ2) is 5.19. The van der Waals surface area contributed by atoms with Crippen LogP contribution >= 0.6 is 15.9 Å². The lowest BCUT2D eigenvalue weighted by molar-refractivity contribution is 0.0787. The van der Waals surface area contributed by atoms with E-state index >= 15 is 0 Å². The maximum atomic E-state index is 12.2. The van der Waals surface area contributed by atoms with Crippen LogP contribution in [-0.2, 0) is 0 Å². The number of nitrogens with zero attached hydrogens (tertiary/aromatic N) is 1. The summed E-state index contributed by atoms with van der Waals surface area (Å²) in [4.78, 5) is 14.1. The molecule has 1 aliphatic heterocycles. The number of hydrogen-bond donors (Lipinski definition) is 1. The Bertz CT molecular complexity index is 433. The zero-order chi connectivity index (χ0) is 12.4. The molecule has 1 saturated heterocycles. The Hall–Kier alpha value is -0.870. The predicted octanol–water partition coefficient (Wildman–Crippen LogP) is 2.18. The molecule has 3 nitrogen and oxygen atoms in total. The molecule has 2 rings (SSSR count). The van der Waals surface area contributed by atoms with Crippen LogP contribution in [0.5, 0.6) is 0 Å². The van der Waals surface area contributed by atoms with Crippen molar-refractivity contribution in [2.45, 2.75) is 13.3 Å². The predicted molar refractivity (Wildman–Crippen MR) is 71.9 cm³/mol. The largest absolute Gasteiger partial charge is 0.338 e. The monoisotopic (exact) mass is 296 g/mol. The summed E-state index contributed by atoms with van der Waals surface area (Å²) >= 11 is 3.46. The number of carbonyl (C=O) groups excluding carboxylic acids is 1. The van der Waals surface area contributed by atoms with Crippen molar-refractivity contribution in [2.24, 2.45) is 11.7 Å². The molecule has 1 aromatic carbocycles. The van der Waals surface area contributed by atoms with Gasteiger partial charge in [-0.1, -0.05) is 22.0 Å². The van der Waals surface area contributed by atoms with Gasteiger partial charge in [0.15, 0.2) is 0 Å². The minimum Gasteiger partial charge on any atom is -0.338 e. The van der Waals surface area contributed by atoms with Crippen molar-refractivity contribution in [3.8, 4) is 0 Å². The molecule has 0 aliphatic carbocycles. The number of aryl methyl sites for hydroxylation is 1. The molecule has 0 saturated carbocycles. The number of rotatable bonds is 2. The van der Waals surface area contributed by atoms with Crippen molar-refractivity contribution in [2.75, 3.05) is 19.6 Å². The molecule has 0 aromatic heterocycles. The van der Waals surface area contributed by atoms with E-state index in [1.54, 1.807) is 0 Å². The molecule has 1 amide bonds.